The molecular formula is C11H14Br2N2OS. The van der Waals surface area contributed by atoms with Crippen LogP contribution in [0.25, 0.3) is 0 Å². The summed E-state index contributed by atoms with van der Waals surface area (Å²) in [5.74, 6) is 0.734. The van der Waals surface area contributed by atoms with Crippen LogP contribution in [0.3, 0.4) is 0 Å². The van der Waals surface area contributed by atoms with E-state index < -0.39 is 6.04 Å². The third-order valence-corrected chi connectivity index (χ3v) is 3.95. The van der Waals surface area contributed by atoms with Gasteiger partial charge in [-0.2, -0.15) is 11.8 Å². The number of hydrogen-bond acceptors (Lipinski definition) is 3. The number of nitrogens with two attached hydrogens (primary N) is 1. The van der Waals surface area contributed by atoms with Gasteiger partial charge in [-0.3, -0.25) is 4.79 Å². The fourth-order valence-electron chi connectivity index (χ4n) is 1.19. The van der Waals surface area contributed by atoms with Crippen LogP contribution in [0.5, 0.6) is 0 Å². The molecule has 1 atom stereocenters. The molecule has 0 saturated carbocycles. The number of carbonyl (C=O) groups is 1. The molecule has 0 radical (unpaired) electrons. The van der Waals surface area contributed by atoms with Crippen molar-refractivity contribution in [1.82, 2.24) is 0 Å². The van der Waals surface area contributed by atoms with E-state index in [4.69, 9.17) is 5.73 Å². The highest BCUT2D eigenvalue weighted by molar-refractivity contribution is 9.11. The molecule has 1 aromatic rings. The largest absolute Gasteiger partial charge is 0.324 e. The number of rotatable bonds is 5. The third kappa shape index (κ3) is 4.99. The van der Waals surface area contributed by atoms with Crippen molar-refractivity contribution in [3.05, 3.63) is 27.1 Å². The molecule has 0 heterocycles. The summed E-state index contributed by atoms with van der Waals surface area (Å²) in [4.78, 5) is 11.8. The van der Waals surface area contributed by atoms with Gasteiger partial charge in [0.2, 0.25) is 5.91 Å². The van der Waals surface area contributed by atoms with Crippen LogP contribution in [-0.4, -0.2) is 24.0 Å². The van der Waals surface area contributed by atoms with Crippen molar-refractivity contribution >= 4 is 55.2 Å². The second-order valence-corrected chi connectivity index (χ2v) is 6.26. The Morgan fingerprint density at radius 3 is 2.82 bits per heavy atom. The van der Waals surface area contributed by atoms with E-state index in [2.05, 4.69) is 37.2 Å². The number of hydrogen-bond donors (Lipinski definition) is 2. The summed E-state index contributed by atoms with van der Waals surface area (Å²) < 4.78 is 1.78. The van der Waals surface area contributed by atoms with E-state index in [1.807, 2.05) is 24.5 Å². The summed E-state index contributed by atoms with van der Waals surface area (Å²) in [6.07, 6.45) is 2.68. The maximum atomic E-state index is 11.8. The molecule has 0 aromatic heterocycles. The summed E-state index contributed by atoms with van der Waals surface area (Å²) in [5.41, 5.74) is 6.52. The highest BCUT2D eigenvalue weighted by Crippen LogP contribution is 2.26. The minimum Gasteiger partial charge on any atom is -0.324 e. The molecule has 6 heteroatoms. The zero-order valence-corrected chi connectivity index (χ0v) is 13.4. The molecule has 1 amide bonds. The summed E-state index contributed by atoms with van der Waals surface area (Å²) in [5, 5.41) is 2.81. The van der Waals surface area contributed by atoms with Crippen molar-refractivity contribution in [3.8, 4) is 0 Å². The molecule has 94 valence electrons. The molecule has 0 fully saturated rings. The first-order valence-corrected chi connectivity index (χ1v) is 8.03. The van der Waals surface area contributed by atoms with Gasteiger partial charge >= 0.3 is 0 Å². The van der Waals surface area contributed by atoms with Crippen LogP contribution in [0.4, 0.5) is 5.69 Å². The Hall–Kier alpha value is -0.0400. The molecule has 3 nitrogen and oxygen atoms in total. The lowest BCUT2D eigenvalue weighted by Crippen LogP contribution is -2.36. The van der Waals surface area contributed by atoms with Gasteiger partial charge in [0.15, 0.2) is 0 Å². The topological polar surface area (TPSA) is 55.1 Å². The molecule has 0 saturated heterocycles. The Kier molecular flexibility index (Phi) is 6.54. The Labute approximate surface area is 122 Å². The first-order chi connectivity index (χ1) is 8.04. The predicted molar refractivity (Wildman–Crippen MR) is 81.4 cm³/mol. The van der Waals surface area contributed by atoms with Crippen LogP contribution in [0.1, 0.15) is 6.42 Å². The summed E-state index contributed by atoms with van der Waals surface area (Å²) in [6, 6.07) is 5.11. The van der Waals surface area contributed by atoms with Crippen molar-refractivity contribution < 1.29 is 4.79 Å². The zero-order valence-electron chi connectivity index (χ0n) is 9.37. The zero-order chi connectivity index (χ0) is 12.8. The number of benzene rings is 1. The van der Waals surface area contributed by atoms with Gasteiger partial charge in [0.05, 0.1) is 11.7 Å². The standard InChI is InChI=1S/C11H14Br2N2OS/c1-17-5-4-9(14)11(16)15-10-3-2-7(12)6-8(10)13/h2-3,6,9H,4-5,14H2,1H3,(H,15,16)/t9-/m0/s1. The van der Waals surface area contributed by atoms with Gasteiger partial charge in [-0.05, 0) is 52.6 Å². The number of nitrogens with one attached hydrogen (secondary N) is 1. The quantitative estimate of drug-likeness (QED) is 0.823. The Morgan fingerprint density at radius 1 is 1.53 bits per heavy atom. The lowest BCUT2D eigenvalue weighted by molar-refractivity contribution is -0.117. The van der Waals surface area contributed by atoms with Crippen LogP contribution in [-0.2, 0) is 4.79 Å². The maximum Gasteiger partial charge on any atom is 0.241 e. The maximum absolute atomic E-state index is 11.8. The lowest BCUT2D eigenvalue weighted by Gasteiger charge is -2.12. The van der Waals surface area contributed by atoms with Crippen LogP contribution >= 0.6 is 43.6 Å². The van der Waals surface area contributed by atoms with Crippen LogP contribution < -0.4 is 11.1 Å². The van der Waals surface area contributed by atoms with Crippen molar-refractivity contribution in [2.45, 2.75) is 12.5 Å². The molecule has 0 unspecified atom stereocenters. The van der Waals surface area contributed by atoms with E-state index >= 15 is 0 Å². The molecule has 0 aliphatic rings. The number of amides is 1. The fourth-order valence-corrected chi connectivity index (χ4v) is 2.83. The number of thioether (sulfide) groups is 1. The number of carbonyl (C=O) groups excluding carboxylic acids is 1. The van der Waals surface area contributed by atoms with E-state index in [1.54, 1.807) is 11.8 Å². The predicted octanol–water partition coefficient (Wildman–Crippen LogP) is 3.23. The number of anilines is 1. The van der Waals surface area contributed by atoms with Gasteiger partial charge in [-0.1, -0.05) is 15.9 Å². The van der Waals surface area contributed by atoms with Gasteiger partial charge < -0.3 is 11.1 Å². The summed E-state index contributed by atoms with van der Waals surface area (Å²) >= 11 is 8.43. The van der Waals surface area contributed by atoms with Crippen LogP contribution in [0.2, 0.25) is 0 Å². The average Bonchev–Trinajstić information content (AvgIpc) is 2.29. The molecule has 0 aliphatic carbocycles. The minimum atomic E-state index is -0.460. The molecular weight excluding hydrogens is 368 g/mol. The van der Waals surface area contributed by atoms with Crippen molar-refractivity contribution in [1.29, 1.82) is 0 Å². The smallest absolute Gasteiger partial charge is 0.241 e. The second kappa shape index (κ2) is 7.41. The van der Waals surface area contributed by atoms with Crippen molar-refractivity contribution in [2.75, 3.05) is 17.3 Å². The van der Waals surface area contributed by atoms with Crippen LogP contribution in [0, 0.1) is 0 Å². The lowest BCUT2D eigenvalue weighted by atomic mass is 10.2. The molecule has 1 rings (SSSR count). The molecule has 0 bridgehead atoms. The van der Waals surface area contributed by atoms with E-state index in [9.17, 15) is 4.79 Å². The third-order valence-electron chi connectivity index (χ3n) is 2.16. The Morgan fingerprint density at radius 2 is 2.24 bits per heavy atom. The molecule has 0 aliphatic heterocycles. The highest BCUT2D eigenvalue weighted by Gasteiger charge is 2.14. The highest BCUT2D eigenvalue weighted by atomic mass is 79.9. The molecule has 1 aromatic carbocycles. The van der Waals surface area contributed by atoms with E-state index in [0.717, 1.165) is 20.4 Å². The van der Waals surface area contributed by atoms with Gasteiger partial charge in [-0.25, -0.2) is 0 Å². The van der Waals surface area contributed by atoms with Crippen LogP contribution in [0.15, 0.2) is 27.1 Å². The van der Waals surface area contributed by atoms with Crippen molar-refractivity contribution in [3.63, 3.8) is 0 Å². The molecule has 0 spiro atoms. The first kappa shape index (κ1) is 15.0. The normalized spacial score (nSPS) is 12.2. The summed E-state index contributed by atoms with van der Waals surface area (Å²) in [7, 11) is 0. The average molecular weight is 382 g/mol. The van der Waals surface area contributed by atoms with Gasteiger partial charge in [0.1, 0.15) is 0 Å². The summed E-state index contributed by atoms with van der Waals surface area (Å²) in [6.45, 7) is 0. The Bertz CT molecular complexity index is 401. The number of halogens is 2. The van der Waals surface area contributed by atoms with Gasteiger partial charge in [-0.15, -0.1) is 0 Å². The van der Waals surface area contributed by atoms with E-state index in [0.29, 0.717) is 6.42 Å². The van der Waals surface area contributed by atoms with E-state index in [1.165, 1.54) is 0 Å². The van der Waals surface area contributed by atoms with E-state index in [-0.39, 0.29) is 5.91 Å². The molecule has 3 N–H and O–H groups in total. The SMILES string of the molecule is CSCC[C@H](N)C(=O)Nc1ccc(Br)cc1Br. The minimum absolute atomic E-state index is 0.151. The van der Waals surface area contributed by atoms with Gasteiger partial charge in [0, 0.05) is 8.95 Å². The monoisotopic (exact) mass is 380 g/mol. The van der Waals surface area contributed by atoms with Crippen molar-refractivity contribution in [2.24, 2.45) is 5.73 Å². The second-order valence-electron chi connectivity index (χ2n) is 3.50. The van der Waals surface area contributed by atoms with Gasteiger partial charge in [0.25, 0.3) is 0 Å². The Balaban J connectivity index is 2.61. The molecule has 17 heavy (non-hydrogen) atoms. The first-order valence-electron chi connectivity index (χ1n) is 5.05. The fraction of sp³-hybridized carbons (Fsp3) is 0.364.